The second-order valence-electron chi connectivity index (χ2n) is 4.34. The van der Waals surface area contributed by atoms with Crippen LogP contribution in [-0.2, 0) is 6.42 Å². The first-order chi connectivity index (χ1) is 9.65. The Morgan fingerprint density at radius 1 is 1.30 bits per heavy atom. The molecule has 3 rings (SSSR count). The van der Waals surface area contributed by atoms with Crippen LogP contribution in [0.3, 0.4) is 0 Å². The Bertz CT molecular complexity index is 689. The van der Waals surface area contributed by atoms with Crippen LogP contribution in [0.15, 0.2) is 30.5 Å². The maximum atomic E-state index is 13.5. The average molecular weight is 276 g/mol. The molecule has 1 aliphatic heterocycles. The minimum absolute atomic E-state index is 0.380. The van der Waals surface area contributed by atoms with E-state index in [0.29, 0.717) is 12.3 Å². The zero-order valence-electron chi connectivity index (χ0n) is 10.3. The molecule has 0 saturated carbocycles. The Hall–Kier alpha value is -2.50. The van der Waals surface area contributed by atoms with Gasteiger partial charge in [0.05, 0.1) is 12.2 Å². The predicted octanol–water partition coefficient (Wildman–Crippen LogP) is 2.55. The lowest BCUT2D eigenvalue weighted by Crippen LogP contribution is -2.15. The molecule has 1 amide bonds. The number of carbonyl (C=O) groups excluding carboxylic acids is 1. The van der Waals surface area contributed by atoms with Crippen LogP contribution < -0.4 is 10.1 Å². The summed E-state index contributed by atoms with van der Waals surface area (Å²) >= 11 is 0. The summed E-state index contributed by atoms with van der Waals surface area (Å²) in [4.78, 5) is 15.0. The quantitative estimate of drug-likeness (QED) is 0.858. The summed E-state index contributed by atoms with van der Waals surface area (Å²) < 4.78 is 31.8. The Morgan fingerprint density at radius 2 is 2.15 bits per heavy atom. The highest BCUT2D eigenvalue weighted by Crippen LogP contribution is 2.28. The van der Waals surface area contributed by atoms with E-state index in [1.54, 1.807) is 18.2 Å². The molecule has 1 aromatic carbocycles. The Labute approximate surface area is 113 Å². The van der Waals surface area contributed by atoms with E-state index in [9.17, 15) is 13.6 Å². The summed E-state index contributed by atoms with van der Waals surface area (Å²) in [5.74, 6) is -2.48. The van der Waals surface area contributed by atoms with Crippen LogP contribution in [-0.4, -0.2) is 17.5 Å². The fourth-order valence-electron chi connectivity index (χ4n) is 2.06. The van der Waals surface area contributed by atoms with Crippen molar-refractivity contribution in [1.82, 2.24) is 4.98 Å². The zero-order chi connectivity index (χ0) is 14.1. The smallest absolute Gasteiger partial charge is 0.258 e. The minimum Gasteiger partial charge on any atom is -0.493 e. The van der Waals surface area contributed by atoms with E-state index in [1.165, 1.54) is 0 Å². The number of nitrogens with zero attached hydrogens (tertiary/aromatic N) is 1. The second kappa shape index (κ2) is 4.88. The van der Waals surface area contributed by atoms with Gasteiger partial charge < -0.3 is 10.1 Å². The third kappa shape index (κ3) is 2.20. The van der Waals surface area contributed by atoms with Crippen molar-refractivity contribution in [3.63, 3.8) is 0 Å². The summed E-state index contributed by atoms with van der Waals surface area (Å²) in [7, 11) is 0. The lowest BCUT2D eigenvalue weighted by Gasteiger charge is -2.07. The van der Waals surface area contributed by atoms with Crippen LogP contribution in [0.1, 0.15) is 15.9 Å². The SMILES string of the molecule is O=C(Nc1ccc2c(c1)CCO2)c1ccnc(F)c1F. The van der Waals surface area contributed by atoms with E-state index in [1.807, 2.05) is 0 Å². The van der Waals surface area contributed by atoms with Crippen molar-refractivity contribution >= 4 is 11.6 Å². The molecule has 1 aliphatic rings. The van der Waals surface area contributed by atoms with Gasteiger partial charge in [0.15, 0.2) is 5.82 Å². The number of benzene rings is 1. The van der Waals surface area contributed by atoms with E-state index < -0.39 is 17.7 Å². The van der Waals surface area contributed by atoms with Gasteiger partial charge in [-0.3, -0.25) is 4.79 Å². The van der Waals surface area contributed by atoms with Crippen molar-refractivity contribution in [2.45, 2.75) is 6.42 Å². The molecule has 0 spiro atoms. The number of aromatic nitrogens is 1. The minimum atomic E-state index is -1.29. The highest BCUT2D eigenvalue weighted by atomic mass is 19.2. The van der Waals surface area contributed by atoms with E-state index in [4.69, 9.17) is 4.74 Å². The molecule has 2 aromatic rings. The molecule has 0 fully saturated rings. The summed E-state index contributed by atoms with van der Waals surface area (Å²) in [6, 6.07) is 6.28. The lowest BCUT2D eigenvalue weighted by atomic mass is 10.1. The van der Waals surface area contributed by atoms with Crippen LogP contribution in [0.25, 0.3) is 0 Å². The highest BCUT2D eigenvalue weighted by molar-refractivity contribution is 6.04. The molecule has 0 aliphatic carbocycles. The topological polar surface area (TPSA) is 51.2 Å². The first-order valence-corrected chi connectivity index (χ1v) is 6.02. The van der Waals surface area contributed by atoms with Crippen molar-refractivity contribution in [1.29, 1.82) is 0 Å². The molecule has 1 N–H and O–H groups in total. The molecular formula is C14H10F2N2O2. The fraction of sp³-hybridized carbons (Fsp3) is 0.143. The van der Waals surface area contributed by atoms with Gasteiger partial charge in [-0.25, -0.2) is 9.37 Å². The van der Waals surface area contributed by atoms with Gasteiger partial charge in [0, 0.05) is 18.3 Å². The molecule has 0 bridgehead atoms. The van der Waals surface area contributed by atoms with Crippen LogP contribution in [0, 0.1) is 11.8 Å². The van der Waals surface area contributed by atoms with Gasteiger partial charge in [0.25, 0.3) is 5.91 Å². The number of rotatable bonds is 2. The van der Waals surface area contributed by atoms with Crippen LogP contribution in [0.2, 0.25) is 0 Å². The van der Waals surface area contributed by atoms with Gasteiger partial charge in [-0.15, -0.1) is 0 Å². The van der Waals surface area contributed by atoms with Crippen molar-refractivity contribution in [2.75, 3.05) is 11.9 Å². The van der Waals surface area contributed by atoms with E-state index >= 15 is 0 Å². The third-order valence-corrected chi connectivity index (χ3v) is 3.04. The Balaban J connectivity index is 1.84. The van der Waals surface area contributed by atoms with Crippen LogP contribution in [0.4, 0.5) is 14.5 Å². The number of anilines is 1. The monoisotopic (exact) mass is 276 g/mol. The molecule has 20 heavy (non-hydrogen) atoms. The Morgan fingerprint density at radius 3 is 3.00 bits per heavy atom. The molecule has 0 radical (unpaired) electrons. The van der Waals surface area contributed by atoms with Gasteiger partial charge in [-0.05, 0) is 29.8 Å². The molecule has 2 heterocycles. The molecule has 6 heteroatoms. The summed E-state index contributed by atoms with van der Waals surface area (Å²) in [5.41, 5.74) is 1.11. The number of hydrogen-bond donors (Lipinski definition) is 1. The summed E-state index contributed by atoms with van der Waals surface area (Å²) in [6.07, 6.45) is 1.81. The van der Waals surface area contributed by atoms with Crippen LogP contribution in [0.5, 0.6) is 5.75 Å². The van der Waals surface area contributed by atoms with Gasteiger partial charge in [-0.1, -0.05) is 0 Å². The van der Waals surface area contributed by atoms with Gasteiger partial charge in [0.1, 0.15) is 5.75 Å². The van der Waals surface area contributed by atoms with E-state index in [-0.39, 0.29) is 5.56 Å². The molecular weight excluding hydrogens is 266 g/mol. The van der Waals surface area contributed by atoms with Gasteiger partial charge in [-0.2, -0.15) is 4.39 Å². The maximum absolute atomic E-state index is 13.5. The first kappa shape index (κ1) is 12.5. The molecule has 0 unspecified atom stereocenters. The van der Waals surface area contributed by atoms with Crippen molar-refractivity contribution in [2.24, 2.45) is 0 Å². The largest absolute Gasteiger partial charge is 0.493 e. The molecule has 0 atom stereocenters. The number of carbonyl (C=O) groups is 1. The van der Waals surface area contributed by atoms with Crippen molar-refractivity contribution < 1.29 is 18.3 Å². The normalized spacial score (nSPS) is 12.7. The number of amides is 1. The first-order valence-electron chi connectivity index (χ1n) is 6.02. The van der Waals surface area contributed by atoms with Crippen LogP contribution >= 0.6 is 0 Å². The number of fused-ring (bicyclic) bond motifs is 1. The molecule has 0 saturated heterocycles. The molecule has 4 nitrogen and oxygen atoms in total. The average Bonchev–Trinajstić information content (AvgIpc) is 2.89. The van der Waals surface area contributed by atoms with Crippen molar-refractivity contribution in [3.8, 4) is 5.75 Å². The summed E-state index contributed by atoms with van der Waals surface area (Å²) in [5, 5.41) is 2.53. The highest BCUT2D eigenvalue weighted by Gasteiger charge is 2.17. The molecule has 1 aromatic heterocycles. The maximum Gasteiger partial charge on any atom is 0.258 e. The number of halogens is 2. The van der Waals surface area contributed by atoms with Gasteiger partial charge >= 0.3 is 0 Å². The standard InChI is InChI=1S/C14H10F2N2O2/c15-12-10(3-5-17-13(12)16)14(19)18-9-1-2-11-8(7-9)4-6-20-11/h1-3,5,7H,4,6H2,(H,18,19). The van der Waals surface area contributed by atoms with Crippen molar-refractivity contribution in [3.05, 3.63) is 53.4 Å². The third-order valence-electron chi connectivity index (χ3n) is 3.04. The van der Waals surface area contributed by atoms with Gasteiger partial charge in [0.2, 0.25) is 5.95 Å². The number of hydrogen-bond acceptors (Lipinski definition) is 3. The lowest BCUT2D eigenvalue weighted by molar-refractivity contribution is 0.102. The second-order valence-corrected chi connectivity index (χ2v) is 4.34. The predicted molar refractivity (Wildman–Crippen MR) is 67.7 cm³/mol. The Kier molecular flexibility index (Phi) is 3.06. The fourth-order valence-corrected chi connectivity index (χ4v) is 2.06. The number of nitrogens with one attached hydrogen (secondary N) is 1. The van der Waals surface area contributed by atoms with E-state index in [2.05, 4.69) is 10.3 Å². The number of pyridine rings is 1. The number of ether oxygens (including phenoxy) is 1. The molecule has 102 valence electrons. The summed E-state index contributed by atoms with van der Waals surface area (Å²) in [6.45, 7) is 0.608. The van der Waals surface area contributed by atoms with E-state index in [0.717, 1.165) is 30.0 Å². The zero-order valence-corrected chi connectivity index (χ0v) is 10.3.